The Morgan fingerprint density at radius 1 is 1.29 bits per heavy atom. The van der Waals surface area contributed by atoms with Gasteiger partial charge in [-0.3, -0.25) is 0 Å². The highest BCUT2D eigenvalue weighted by Gasteiger charge is 2.27. The summed E-state index contributed by atoms with van der Waals surface area (Å²) in [7, 11) is 0. The van der Waals surface area contributed by atoms with Crippen molar-refractivity contribution in [3.8, 4) is 0 Å². The van der Waals surface area contributed by atoms with Crippen molar-refractivity contribution in [1.82, 2.24) is 5.32 Å². The maximum atomic E-state index is 12.3. The molecule has 118 valence electrons. The first-order valence-corrected chi connectivity index (χ1v) is 7.68. The highest BCUT2D eigenvalue weighted by Crippen LogP contribution is 2.27. The molecule has 0 aliphatic rings. The Morgan fingerprint density at radius 2 is 1.90 bits per heavy atom. The second-order valence-electron chi connectivity index (χ2n) is 5.92. The van der Waals surface area contributed by atoms with E-state index in [0.29, 0.717) is 18.8 Å². The Hall–Kier alpha value is -1.55. The van der Waals surface area contributed by atoms with E-state index in [1.165, 1.54) is 0 Å². The van der Waals surface area contributed by atoms with E-state index in [2.05, 4.69) is 24.5 Å². The van der Waals surface area contributed by atoms with Crippen LogP contribution in [-0.2, 0) is 0 Å². The summed E-state index contributed by atoms with van der Waals surface area (Å²) in [5.74, 6) is 0.333. The fourth-order valence-corrected chi connectivity index (χ4v) is 2.42. The lowest BCUT2D eigenvalue weighted by molar-refractivity contribution is 0.155. The predicted octanol–water partition coefficient (Wildman–Crippen LogP) is 3.79. The number of aliphatic hydroxyl groups excluding tert-OH is 1. The maximum Gasteiger partial charge on any atom is 0.319 e. The molecule has 21 heavy (non-hydrogen) atoms. The molecule has 0 aromatic heterocycles. The number of carbonyl (C=O) groups excluding carboxylic acids is 1. The predicted molar refractivity (Wildman–Crippen MR) is 87.8 cm³/mol. The summed E-state index contributed by atoms with van der Waals surface area (Å²) in [6, 6.07) is 5.76. The number of hydrogen-bond acceptors (Lipinski definition) is 2. The van der Waals surface area contributed by atoms with E-state index in [9.17, 15) is 9.90 Å². The first-order valence-electron chi connectivity index (χ1n) is 7.68. The minimum absolute atomic E-state index is 0.0573. The van der Waals surface area contributed by atoms with Crippen LogP contribution < -0.4 is 10.6 Å². The normalized spacial score (nSPS) is 11.6. The van der Waals surface area contributed by atoms with Gasteiger partial charge in [-0.2, -0.15) is 0 Å². The molecule has 0 fully saturated rings. The molecule has 0 radical (unpaired) electrons. The second kappa shape index (κ2) is 7.46. The van der Waals surface area contributed by atoms with Crippen molar-refractivity contribution in [2.24, 2.45) is 0 Å². The topological polar surface area (TPSA) is 61.4 Å². The van der Waals surface area contributed by atoms with Crippen molar-refractivity contribution in [3.63, 3.8) is 0 Å². The number of amides is 2. The van der Waals surface area contributed by atoms with Crippen LogP contribution in [0.15, 0.2) is 18.2 Å². The molecule has 0 aliphatic carbocycles. The molecule has 0 spiro atoms. The van der Waals surface area contributed by atoms with Crippen LogP contribution in [0.3, 0.4) is 0 Å². The molecule has 0 heterocycles. The van der Waals surface area contributed by atoms with E-state index in [1.54, 1.807) is 0 Å². The minimum Gasteiger partial charge on any atom is -0.394 e. The zero-order chi connectivity index (χ0) is 16.0. The number of urea groups is 1. The third kappa shape index (κ3) is 4.21. The standard InChI is InChI=1S/C17H28N2O2/c1-6-17(7-2,11-20)19-16(21)18-15-13(5)9-8-10-14(15)12(3)4/h8-10,12,20H,6-7,11H2,1-5H3,(H2,18,19,21). The van der Waals surface area contributed by atoms with Crippen molar-refractivity contribution < 1.29 is 9.90 Å². The van der Waals surface area contributed by atoms with Gasteiger partial charge in [0.2, 0.25) is 0 Å². The van der Waals surface area contributed by atoms with Gasteiger partial charge in [0.1, 0.15) is 0 Å². The molecule has 0 aliphatic heterocycles. The van der Waals surface area contributed by atoms with Gasteiger partial charge in [-0.15, -0.1) is 0 Å². The van der Waals surface area contributed by atoms with Gasteiger partial charge in [0.25, 0.3) is 0 Å². The first kappa shape index (κ1) is 17.5. The number of aliphatic hydroxyl groups is 1. The molecule has 1 aromatic rings. The Bertz CT molecular complexity index is 471. The molecule has 4 nitrogen and oxygen atoms in total. The molecule has 0 unspecified atom stereocenters. The Morgan fingerprint density at radius 3 is 2.38 bits per heavy atom. The summed E-state index contributed by atoms with van der Waals surface area (Å²) in [5.41, 5.74) is 2.47. The van der Waals surface area contributed by atoms with E-state index >= 15 is 0 Å². The van der Waals surface area contributed by atoms with E-state index in [-0.39, 0.29) is 12.6 Å². The number of benzene rings is 1. The van der Waals surface area contributed by atoms with Crippen LogP contribution in [0.5, 0.6) is 0 Å². The number of nitrogens with one attached hydrogen (secondary N) is 2. The van der Waals surface area contributed by atoms with Crippen LogP contribution in [0, 0.1) is 6.92 Å². The highest BCUT2D eigenvalue weighted by molar-refractivity contribution is 5.91. The summed E-state index contributed by atoms with van der Waals surface area (Å²) in [5, 5.41) is 15.4. The number of para-hydroxylation sites is 1. The zero-order valence-corrected chi connectivity index (χ0v) is 13.8. The van der Waals surface area contributed by atoms with Crippen molar-refractivity contribution >= 4 is 11.7 Å². The lowest BCUT2D eigenvalue weighted by Gasteiger charge is -2.31. The summed E-state index contributed by atoms with van der Waals surface area (Å²) in [6.45, 7) is 10.1. The lowest BCUT2D eigenvalue weighted by atomic mass is 9.94. The van der Waals surface area contributed by atoms with E-state index < -0.39 is 5.54 Å². The van der Waals surface area contributed by atoms with Crippen molar-refractivity contribution in [3.05, 3.63) is 29.3 Å². The van der Waals surface area contributed by atoms with Crippen LogP contribution in [0.2, 0.25) is 0 Å². The summed E-state index contributed by atoms with van der Waals surface area (Å²) < 4.78 is 0. The van der Waals surface area contributed by atoms with Gasteiger partial charge in [0, 0.05) is 5.69 Å². The number of anilines is 1. The van der Waals surface area contributed by atoms with E-state index in [0.717, 1.165) is 16.8 Å². The van der Waals surface area contributed by atoms with E-state index in [1.807, 2.05) is 39.0 Å². The van der Waals surface area contributed by atoms with Gasteiger partial charge in [-0.25, -0.2) is 4.79 Å². The van der Waals surface area contributed by atoms with Crippen molar-refractivity contribution in [2.45, 2.75) is 58.9 Å². The van der Waals surface area contributed by atoms with Crippen LogP contribution >= 0.6 is 0 Å². The largest absolute Gasteiger partial charge is 0.394 e. The molecule has 1 rings (SSSR count). The van der Waals surface area contributed by atoms with Crippen molar-refractivity contribution in [2.75, 3.05) is 11.9 Å². The molecule has 3 N–H and O–H groups in total. The van der Waals surface area contributed by atoms with Gasteiger partial charge in [0.15, 0.2) is 0 Å². The number of carbonyl (C=O) groups is 1. The molecular formula is C17H28N2O2. The third-order valence-electron chi connectivity index (χ3n) is 4.20. The molecular weight excluding hydrogens is 264 g/mol. The van der Waals surface area contributed by atoms with Crippen LogP contribution in [-0.4, -0.2) is 23.3 Å². The second-order valence-corrected chi connectivity index (χ2v) is 5.92. The Kier molecular flexibility index (Phi) is 6.21. The van der Waals surface area contributed by atoms with Gasteiger partial charge < -0.3 is 15.7 Å². The fourth-order valence-electron chi connectivity index (χ4n) is 2.42. The van der Waals surface area contributed by atoms with Gasteiger partial charge in [-0.1, -0.05) is 45.9 Å². The Labute approximate surface area is 128 Å². The van der Waals surface area contributed by atoms with Crippen LogP contribution in [0.25, 0.3) is 0 Å². The summed E-state index contributed by atoms with van der Waals surface area (Å²) >= 11 is 0. The van der Waals surface area contributed by atoms with Gasteiger partial charge >= 0.3 is 6.03 Å². The highest BCUT2D eigenvalue weighted by atomic mass is 16.3. The number of rotatable bonds is 6. The van der Waals surface area contributed by atoms with Gasteiger partial charge in [-0.05, 0) is 36.8 Å². The smallest absolute Gasteiger partial charge is 0.319 e. The Balaban J connectivity index is 2.94. The molecule has 0 bridgehead atoms. The maximum absolute atomic E-state index is 12.3. The average molecular weight is 292 g/mol. The monoisotopic (exact) mass is 292 g/mol. The lowest BCUT2D eigenvalue weighted by Crippen LogP contribution is -2.52. The van der Waals surface area contributed by atoms with Crippen molar-refractivity contribution in [1.29, 1.82) is 0 Å². The molecule has 0 saturated heterocycles. The van der Waals surface area contributed by atoms with E-state index in [4.69, 9.17) is 0 Å². The molecule has 0 saturated carbocycles. The van der Waals surface area contributed by atoms with Crippen LogP contribution in [0.4, 0.5) is 10.5 Å². The fraction of sp³-hybridized carbons (Fsp3) is 0.588. The number of aryl methyl sites for hydroxylation is 1. The average Bonchev–Trinajstić information content (AvgIpc) is 2.46. The number of hydrogen-bond donors (Lipinski definition) is 3. The molecule has 4 heteroatoms. The van der Waals surface area contributed by atoms with Crippen LogP contribution in [0.1, 0.15) is 57.6 Å². The first-order chi connectivity index (χ1) is 9.89. The SMILES string of the molecule is CCC(CC)(CO)NC(=O)Nc1c(C)cccc1C(C)C. The van der Waals surface area contributed by atoms with Gasteiger partial charge in [0.05, 0.1) is 12.1 Å². The molecule has 0 atom stereocenters. The third-order valence-corrected chi connectivity index (χ3v) is 4.20. The minimum atomic E-state index is -0.551. The quantitative estimate of drug-likeness (QED) is 0.747. The molecule has 2 amide bonds. The summed E-state index contributed by atoms with van der Waals surface area (Å²) in [6.07, 6.45) is 1.39. The summed E-state index contributed by atoms with van der Waals surface area (Å²) in [4.78, 5) is 12.3. The zero-order valence-electron chi connectivity index (χ0n) is 13.8. The molecule has 1 aromatic carbocycles.